The SMILES string of the molecule is Cc1cccc([C@H]2C[C@H]2c2ccc(F)c(-c3ccc(S(=O)(=O)CCO)cc3)c2)n1. The van der Waals surface area contributed by atoms with Crippen molar-refractivity contribution in [2.75, 3.05) is 12.4 Å². The largest absolute Gasteiger partial charge is 0.395 e. The maximum absolute atomic E-state index is 14.5. The summed E-state index contributed by atoms with van der Waals surface area (Å²) in [6, 6.07) is 17.3. The Hall–Kier alpha value is -2.57. The van der Waals surface area contributed by atoms with Crippen LogP contribution in [-0.2, 0) is 9.84 Å². The molecule has 1 saturated carbocycles. The number of hydrogen-bond donors (Lipinski definition) is 1. The van der Waals surface area contributed by atoms with Crippen LogP contribution in [0.25, 0.3) is 11.1 Å². The van der Waals surface area contributed by atoms with Crippen molar-refractivity contribution in [3.8, 4) is 11.1 Å². The van der Waals surface area contributed by atoms with Gasteiger partial charge in [-0.2, -0.15) is 0 Å². The van der Waals surface area contributed by atoms with Gasteiger partial charge in [0.2, 0.25) is 0 Å². The fourth-order valence-corrected chi connectivity index (χ4v) is 4.76. The van der Waals surface area contributed by atoms with Crippen LogP contribution in [0.1, 0.15) is 35.2 Å². The highest BCUT2D eigenvalue weighted by atomic mass is 32.2. The summed E-state index contributed by atoms with van der Waals surface area (Å²) in [6.45, 7) is 1.54. The number of aromatic nitrogens is 1. The average molecular weight is 411 g/mol. The quantitative estimate of drug-likeness (QED) is 0.659. The molecule has 3 aromatic rings. The highest BCUT2D eigenvalue weighted by molar-refractivity contribution is 7.91. The summed E-state index contributed by atoms with van der Waals surface area (Å²) in [7, 11) is -3.52. The standard InChI is InChI=1S/C23H22FNO3S/c1-15-3-2-4-23(25-15)21-14-19(21)17-7-10-22(24)20(13-17)16-5-8-18(9-6-16)29(27,28)12-11-26/h2-10,13,19,21,26H,11-12,14H2,1H3/t19-,21-/m0/s1. The zero-order valence-corrected chi connectivity index (χ0v) is 16.9. The first kappa shape index (κ1) is 19.7. The van der Waals surface area contributed by atoms with Crippen LogP contribution >= 0.6 is 0 Å². The maximum Gasteiger partial charge on any atom is 0.180 e. The molecule has 1 aliphatic carbocycles. The Morgan fingerprint density at radius 1 is 1.07 bits per heavy atom. The van der Waals surface area contributed by atoms with Gasteiger partial charge in [0.15, 0.2) is 9.84 Å². The number of halogens is 1. The zero-order valence-electron chi connectivity index (χ0n) is 16.0. The van der Waals surface area contributed by atoms with Crippen molar-refractivity contribution in [1.29, 1.82) is 0 Å². The van der Waals surface area contributed by atoms with Gasteiger partial charge in [0.1, 0.15) is 5.82 Å². The molecule has 1 aromatic heterocycles. The van der Waals surface area contributed by atoms with E-state index in [-0.39, 0.29) is 16.5 Å². The maximum atomic E-state index is 14.5. The van der Waals surface area contributed by atoms with E-state index in [1.54, 1.807) is 12.1 Å². The van der Waals surface area contributed by atoms with Crippen LogP contribution in [0.2, 0.25) is 0 Å². The number of aliphatic hydroxyl groups is 1. The molecular weight excluding hydrogens is 389 g/mol. The van der Waals surface area contributed by atoms with Crippen LogP contribution in [0.15, 0.2) is 65.6 Å². The number of nitrogens with zero attached hydrogens (tertiary/aromatic N) is 1. The molecule has 29 heavy (non-hydrogen) atoms. The Balaban J connectivity index is 1.60. The minimum Gasteiger partial charge on any atom is -0.395 e. The van der Waals surface area contributed by atoms with E-state index in [9.17, 15) is 12.8 Å². The Kier molecular flexibility index (Phi) is 5.23. The molecule has 0 unspecified atom stereocenters. The summed E-state index contributed by atoms with van der Waals surface area (Å²) in [4.78, 5) is 4.73. The number of pyridine rings is 1. The number of aliphatic hydroxyl groups excluding tert-OH is 1. The lowest BCUT2D eigenvalue weighted by atomic mass is 9.99. The molecule has 0 spiro atoms. The lowest BCUT2D eigenvalue weighted by Gasteiger charge is -2.09. The van der Waals surface area contributed by atoms with Gasteiger partial charge in [-0.3, -0.25) is 4.98 Å². The van der Waals surface area contributed by atoms with Crippen molar-refractivity contribution in [2.45, 2.75) is 30.1 Å². The van der Waals surface area contributed by atoms with Gasteiger partial charge in [-0.1, -0.05) is 24.3 Å². The van der Waals surface area contributed by atoms with Gasteiger partial charge in [-0.25, -0.2) is 12.8 Å². The first-order valence-electron chi connectivity index (χ1n) is 9.56. The third-order valence-electron chi connectivity index (χ3n) is 5.38. The molecule has 4 rings (SSSR count). The lowest BCUT2D eigenvalue weighted by Crippen LogP contribution is -2.09. The third kappa shape index (κ3) is 4.09. The van der Waals surface area contributed by atoms with Gasteiger partial charge in [-0.15, -0.1) is 0 Å². The monoisotopic (exact) mass is 411 g/mol. The predicted octanol–water partition coefficient (Wildman–Crippen LogP) is 4.23. The Morgan fingerprint density at radius 2 is 1.83 bits per heavy atom. The van der Waals surface area contributed by atoms with E-state index in [2.05, 4.69) is 4.98 Å². The van der Waals surface area contributed by atoms with Crippen LogP contribution in [0.4, 0.5) is 4.39 Å². The number of sulfone groups is 1. The van der Waals surface area contributed by atoms with E-state index in [0.29, 0.717) is 23.0 Å². The minimum absolute atomic E-state index is 0.125. The van der Waals surface area contributed by atoms with Gasteiger partial charge >= 0.3 is 0 Å². The van der Waals surface area contributed by atoms with Crippen molar-refractivity contribution < 1.29 is 17.9 Å². The smallest absolute Gasteiger partial charge is 0.180 e. The molecule has 0 radical (unpaired) electrons. The van der Waals surface area contributed by atoms with Crippen molar-refractivity contribution in [1.82, 2.24) is 4.98 Å². The number of benzene rings is 2. The van der Waals surface area contributed by atoms with E-state index in [1.807, 2.05) is 37.3 Å². The summed E-state index contributed by atoms with van der Waals surface area (Å²) in [6.07, 6.45) is 0.986. The van der Waals surface area contributed by atoms with Crippen molar-refractivity contribution in [3.63, 3.8) is 0 Å². The summed E-state index contributed by atoms with van der Waals surface area (Å²) in [5.74, 6) is -0.00985. The predicted molar refractivity (Wildman–Crippen MR) is 110 cm³/mol. The zero-order chi connectivity index (χ0) is 20.6. The molecule has 0 amide bonds. The van der Waals surface area contributed by atoms with E-state index < -0.39 is 16.4 Å². The molecular formula is C23H22FNO3S. The average Bonchev–Trinajstić information content (AvgIpc) is 3.49. The molecule has 0 aliphatic heterocycles. The molecule has 6 heteroatoms. The van der Waals surface area contributed by atoms with E-state index in [4.69, 9.17) is 5.11 Å². The van der Waals surface area contributed by atoms with Gasteiger partial charge < -0.3 is 5.11 Å². The molecule has 1 heterocycles. The van der Waals surface area contributed by atoms with Gasteiger partial charge in [-0.05, 0) is 66.8 Å². The Morgan fingerprint density at radius 3 is 2.52 bits per heavy atom. The van der Waals surface area contributed by atoms with Crippen LogP contribution in [-0.4, -0.2) is 30.9 Å². The molecule has 1 N–H and O–H groups in total. The summed E-state index contributed by atoms with van der Waals surface area (Å²) in [5, 5.41) is 8.91. The molecule has 1 fully saturated rings. The van der Waals surface area contributed by atoms with Crippen molar-refractivity contribution >= 4 is 9.84 Å². The van der Waals surface area contributed by atoms with Crippen LogP contribution < -0.4 is 0 Å². The first-order valence-corrected chi connectivity index (χ1v) is 11.2. The van der Waals surface area contributed by atoms with E-state index in [1.165, 1.54) is 18.2 Å². The Labute approximate surface area is 170 Å². The molecule has 150 valence electrons. The normalized spacial score (nSPS) is 18.6. The fourth-order valence-electron chi connectivity index (χ4n) is 3.74. The number of aryl methyl sites for hydroxylation is 1. The Bertz CT molecular complexity index is 1140. The highest BCUT2D eigenvalue weighted by Crippen LogP contribution is 2.54. The van der Waals surface area contributed by atoms with Crippen LogP contribution in [0.3, 0.4) is 0 Å². The molecule has 2 atom stereocenters. The molecule has 0 bridgehead atoms. The van der Waals surface area contributed by atoms with Gasteiger partial charge in [0.25, 0.3) is 0 Å². The number of hydrogen-bond acceptors (Lipinski definition) is 4. The molecule has 1 aliphatic rings. The fraction of sp³-hybridized carbons (Fsp3) is 0.261. The van der Waals surface area contributed by atoms with E-state index in [0.717, 1.165) is 23.4 Å². The highest BCUT2D eigenvalue weighted by Gasteiger charge is 2.40. The topological polar surface area (TPSA) is 67.3 Å². The van der Waals surface area contributed by atoms with Crippen LogP contribution in [0, 0.1) is 12.7 Å². The van der Waals surface area contributed by atoms with E-state index >= 15 is 0 Å². The summed E-state index contributed by atoms with van der Waals surface area (Å²) in [5.41, 5.74) is 4.20. The third-order valence-corrected chi connectivity index (χ3v) is 7.09. The van der Waals surface area contributed by atoms with Gasteiger partial charge in [0, 0.05) is 22.9 Å². The second-order valence-corrected chi connectivity index (χ2v) is 9.57. The second kappa shape index (κ2) is 7.69. The van der Waals surface area contributed by atoms with Crippen molar-refractivity contribution in [2.24, 2.45) is 0 Å². The molecule has 0 saturated heterocycles. The summed E-state index contributed by atoms with van der Waals surface area (Å²) >= 11 is 0. The molecule has 2 aromatic carbocycles. The van der Waals surface area contributed by atoms with Gasteiger partial charge in [0.05, 0.1) is 17.3 Å². The van der Waals surface area contributed by atoms with Crippen LogP contribution in [0.5, 0.6) is 0 Å². The second-order valence-electron chi connectivity index (χ2n) is 7.46. The van der Waals surface area contributed by atoms with Crippen molar-refractivity contribution in [3.05, 3.63) is 83.4 Å². The first-order chi connectivity index (χ1) is 13.9. The molecule has 4 nitrogen and oxygen atoms in total. The minimum atomic E-state index is -3.52. The summed E-state index contributed by atoms with van der Waals surface area (Å²) < 4.78 is 38.6. The lowest BCUT2D eigenvalue weighted by molar-refractivity contribution is 0.319. The number of rotatable bonds is 6.